The zero-order valence-electron chi connectivity index (χ0n) is 21.2. The number of Topliss-reactive ketones (excluding diaryl/α,β-unsaturated/α-hetero) is 1. The van der Waals surface area contributed by atoms with E-state index in [9.17, 15) is 19.8 Å². The number of aliphatic hydroxyl groups is 1. The van der Waals surface area contributed by atoms with Gasteiger partial charge in [-0.25, -0.2) is 0 Å². The molecule has 0 aromatic carbocycles. The van der Waals surface area contributed by atoms with Crippen LogP contribution in [0.4, 0.5) is 0 Å². The Labute approximate surface area is 195 Å². The molecule has 8 atom stereocenters. The Kier molecular flexibility index (Phi) is 8.16. The SMILES string of the molecule is CC(C)CCC[C@H](C)[C@@H]1CC[C@@H]2[C@H](CC(=O)O)[C@H]([C@]3(C)CC[C@H](O)CC3=O)CC[C@]2(C)C1. The van der Waals surface area contributed by atoms with Crippen molar-refractivity contribution in [1.29, 1.82) is 0 Å². The molecular formula is C28H48O4. The smallest absolute Gasteiger partial charge is 0.303 e. The number of fused-ring (bicyclic) bond motifs is 1. The predicted octanol–water partition coefficient (Wildman–Crippen LogP) is 6.49. The first-order valence-electron chi connectivity index (χ1n) is 13.4. The molecule has 0 aromatic rings. The summed E-state index contributed by atoms with van der Waals surface area (Å²) in [4.78, 5) is 25.0. The van der Waals surface area contributed by atoms with Gasteiger partial charge in [0.25, 0.3) is 0 Å². The largest absolute Gasteiger partial charge is 0.481 e. The van der Waals surface area contributed by atoms with E-state index in [1.54, 1.807) is 0 Å². The van der Waals surface area contributed by atoms with Gasteiger partial charge in [-0.15, -0.1) is 0 Å². The number of carbonyl (C=O) groups is 2. The molecule has 0 bridgehead atoms. The molecule has 3 saturated carbocycles. The highest BCUT2D eigenvalue weighted by molar-refractivity contribution is 5.86. The van der Waals surface area contributed by atoms with E-state index in [-0.39, 0.29) is 35.9 Å². The molecule has 4 nitrogen and oxygen atoms in total. The van der Waals surface area contributed by atoms with Crippen LogP contribution in [0.3, 0.4) is 0 Å². The van der Waals surface area contributed by atoms with E-state index >= 15 is 0 Å². The van der Waals surface area contributed by atoms with Crippen molar-refractivity contribution in [2.24, 2.45) is 46.3 Å². The molecular weight excluding hydrogens is 400 g/mol. The number of carbonyl (C=O) groups excluding carboxylic acids is 1. The van der Waals surface area contributed by atoms with E-state index in [1.807, 2.05) is 0 Å². The number of hydrogen-bond donors (Lipinski definition) is 2. The Hall–Kier alpha value is -0.900. The van der Waals surface area contributed by atoms with Crippen molar-refractivity contribution >= 4 is 11.8 Å². The van der Waals surface area contributed by atoms with Crippen molar-refractivity contribution in [2.45, 2.75) is 118 Å². The summed E-state index contributed by atoms with van der Waals surface area (Å²) in [7, 11) is 0. The topological polar surface area (TPSA) is 74.6 Å². The third-order valence-corrected chi connectivity index (χ3v) is 10.1. The number of aliphatic carboxylic acids is 1. The Bertz CT molecular complexity index is 672. The Balaban J connectivity index is 1.75. The van der Waals surface area contributed by atoms with Crippen LogP contribution in [-0.4, -0.2) is 28.1 Å². The van der Waals surface area contributed by atoms with Crippen LogP contribution in [0.2, 0.25) is 0 Å². The summed E-state index contributed by atoms with van der Waals surface area (Å²) in [5, 5.41) is 19.8. The molecule has 0 aromatic heterocycles. The normalized spacial score (nSPS) is 41.3. The lowest BCUT2D eigenvalue weighted by Gasteiger charge is -2.58. The van der Waals surface area contributed by atoms with Crippen LogP contribution < -0.4 is 0 Å². The predicted molar refractivity (Wildman–Crippen MR) is 128 cm³/mol. The highest BCUT2D eigenvalue weighted by Gasteiger charge is 2.56. The fourth-order valence-corrected chi connectivity index (χ4v) is 7.99. The molecule has 0 heterocycles. The average molecular weight is 449 g/mol. The molecule has 0 aliphatic heterocycles. The Morgan fingerprint density at radius 3 is 2.38 bits per heavy atom. The third-order valence-electron chi connectivity index (χ3n) is 10.1. The summed E-state index contributed by atoms with van der Waals surface area (Å²) in [5.74, 6) is 2.30. The minimum absolute atomic E-state index is 0.0765. The second-order valence-electron chi connectivity index (χ2n) is 12.7. The van der Waals surface area contributed by atoms with Gasteiger partial charge in [0.1, 0.15) is 5.78 Å². The van der Waals surface area contributed by atoms with Gasteiger partial charge < -0.3 is 10.2 Å². The molecule has 4 heteroatoms. The molecule has 32 heavy (non-hydrogen) atoms. The summed E-state index contributed by atoms with van der Waals surface area (Å²) in [5.41, 5.74) is -0.277. The first-order chi connectivity index (χ1) is 15.0. The van der Waals surface area contributed by atoms with E-state index in [0.29, 0.717) is 18.8 Å². The van der Waals surface area contributed by atoms with Gasteiger partial charge >= 0.3 is 5.97 Å². The fraction of sp³-hybridized carbons (Fsp3) is 0.929. The van der Waals surface area contributed by atoms with Crippen molar-refractivity contribution < 1.29 is 19.8 Å². The molecule has 0 unspecified atom stereocenters. The third kappa shape index (κ3) is 5.42. The van der Waals surface area contributed by atoms with Gasteiger partial charge in [0, 0.05) is 18.3 Å². The van der Waals surface area contributed by atoms with E-state index in [1.165, 1.54) is 32.1 Å². The highest BCUT2D eigenvalue weighted by atomic mass is 16.4. The maximum atomic E-state index is 13.1. The molecule has 3 aliphatic rings. The van der Waals surface area contributed by atoms with Crippen molar-refractivity contribution in [2.75, 3.05) is 0 Å². The second kappa shape index (κ2) is 10.2. The molecule has 3 fully saturated rings. The van der Waals surface area contributed by atoms with Crippen LogP contribution >= 0.6 is 0 Å². The van der Waals surface area contributed by atoms with Crippen LogP contribution in [-0.2, 0) is 9.59 Å². The summed E-state index contributed by atoms with van der Waals surface area (Å²) < 4.78 is 0. The van der Waals surface area contributed by atoms with Crippen LogP contribution in [0.5, 0.6) is 0 Å². The van der Waals surface area contributed by atoms with Crippen molar-refractivity contribution in [3.8, 4) is 0 Å². The van der Waals surface area contributed by atoms with Crippen LogP contribution in [0.15, 0.2) is 0 Å². The molecule has 3 rings (SSSR count). The lowest BCUT2D eigenvalue weighted by molar-refractivity contribution is -0.155. The van der Waals surface area contributed by atoms with E-state index in [2.05, 4.69) is 34.6 Å². The standard InChI is InChI=1S/C28H48O4/c1-18(2)7-6-8-19(3)20-9-10-23-22(16-26(31)32)24(12-13-27(23,4)17-20)28(5)14-11-21(29)15-25(28)30/h18-24,29H,6-17H2,1-5H3,(H,31,32)/t19-,20+,21-,22-,23+,24+,27+,28-/m0/s1. The number of carboxylic acid groups (broad SMARTS) is 1. The Morgan fingerprint density at radius 2 is 1.75 bits per heavy atom. The minimum Gasteiger partial charge on any atom is -0.481 e. The fourth-order valence-electron chi connectivity index (χ4n) is 7.99. The lowest BCUT2D eigenvalue weighted by atomic mass is 9.46. The van der Waals surface area contributed by atoms with Crippen LogP contribution in [0.25, 0.3) is 0 Å². The first-order valence-corrected chi connectivity index (χ1v) is 13.4. The maximum absolute atomic E-state index is 13.1. The summed E-state index contributed by atoms with van der Waals surface area (Å²) in [6.07, 6.45) is 10.8. The van der Waals surface area contributed by atoms with Gasteiger partial charge in [-0.05, 0) is 85.9 Å². The Morgan fingerprint density at radius 1 is 1.03 bits per heavy atom. The zero-order valence-corrected chi connectivity index (χ0v) is 21.2. The maximum Gasteiger partial charge on any atom is 0.303 e. The van der Waals surface area contributed by atoms with Crippen LogP contribution in [0.1, 0.15) is 112 Å². The summed E-state index contributed by atoms with van der Waals surface area (Å²) in [6.45, 7) is 11.5. The van der Waals surface area contributed by atoms with Crippen molar-refractivity contribution in [1.82, 2.24) is 0 Å². The average Bonchev–Trinajstić information content (AvgIpc) is 2.69. The molecule has 0 saturated heterocycles. The minimum atomic E-state index is -0.722. The van der Waals surface area contributed by atoms with E-state index < -0.39 is 17.5 Å². The number of rotatable bonds is 8. The van der Waals surface area contributed by atoms with Gasteiger partial charge in [0.2, 0.25) is 0 Å². The van der Waals surface area contributed by atoms with Gasteiger partial charge in [-0.3, -0.25) is 9.59 Å². The quantitative estimate of drug-likeness (QED) is 0.445. The number of aliphatic hydroxyl groups excluding tert-OH is 1. The van der Waals surface area contributed by atoms with Crippen molar-refractivity contribution in [3.05, 3.63) is 0 Å². The van der Waals surface area contributed by atoms with E-state index in [4.69, 9.17) is 0 Å². The van der Waals surface area contributed by atoms with E-state index in [0.717, 1.165) is 37.0 Å². The molecule has 184 valence electrons. The van der Waals surface area contributed by atoms with Gasteiger partial charge in [-0.1, -0.05) is 53.9 Å². The molecule has 3 aliphatic carbocycles. The van der Waals surface area contributed by atoms with Crippen LogP contribution in [0, 0.1) is 46.3 Å². The van der Waals surface area contributed by atoms with Gasteiger partial charge in [-0.2, -0.15) is 0 Å². The summed E-state index contributed by atoms with van der Waals surface area (Å²) >= 11 is 0. The number of carboxylic acids is 1. The molecule has 2 N–H and O–H groups in total. The lowest BCUT2D eigenvalue weighted by Crippen LogP contribution is -2.53. The number of ketones is 1. The number of hydrogen-bond acceptors (Lipinski definition) is 3. The van der Waals surface area contributed by atoms with Gasteiger partial charge in [0.15, 0.2) is 0 Å². The first kappa shape index (κ1) is 25.7. The monoisotopic (exact) mass is 448 g/mol. The van der Waals surface area contributed by atoms with Gasteiger partial charge in [0.05, 0.1) is 6.10 Å². The van der Waals surface area contributed by atoms with Crippen molar-refractivity contribution in [3.63, 3.8) is 0 Å². The molecule has 0 radical (unpaired) electrons. The highest BCUT2D eigenvalue weighted by Crippen LogP contribution is 2.61. The molecule has 0 spiro atoms. The zero-order chi connectivity index (χ0) is 23.7. The second-order valence-corrected chi connectivity index (χ2v) is 12.7. The summed E-state index contributed by atoms with van der Waals surface area (Å²) in [6, 6.07) is 0. The molecule has 0 amide bonds.